The first-order chi connectivity index (χ1) is 6.66. The summed E-state index contributed by atoms with van der Waals surface area (Å²) in [6, 6.07) is 0. The Bertz CT molecular complexity index is 442. The van der Waals surface area contributed by atoms with Crippen molar-refractivity contribution in [1.82, 2.24) is 9.55 Å². The number of anilines is 1. The van der Waals surface area contributed by atoms with Crippen LogP contribution in [-0.2, 0) is 6.54 Å². The van der Waals surface area contributed by atoms with Gasteiger partial charge < -0.3 is 5.73 Å². The van der Waals surface area contributed by atoms with Crippen LogP contribution < -0.4 is 11.3 Å². The lowest BCUT2D eigenvalue weighted by Crippen LogP contribution is -2.23. The summed E-state index contributed by atoms with van der Waals surface area (Å²) in [6.45, 7) is 2.23. The second-order valence-corrected chi connectivity index (χ2v) is 2.98. The van der Waals surface area contributed by atoms with Crippen LogP contribution in [0.1, 0.15) is 13.3 Å². The molecular formula is C9H10ClN3O. The number of aryl methyl sites for hydroxylation is 1. The first-order valence-corrected chi connectivity index (χ1v) is 4.44. The Morgan fingerprint density at radius 3 is 3.07 bits per heavy atom. The van der Waals surface area contributed by atoms with E-state index < -0.39 is 0 Å². The second-order valence-electron chi connectivity index (χ2n) is 2.62. The van der Waals surface area contributed by atoms with Crippen molar-refractivity contribution in [2.45, 2.75) is 19.9 Å². The predicted octanol–water partition coefficient (Wildman–Crippen LogP) is 0.892. The summed E-state index contributed by atoms with van der Waals surface area (Å²) in [6.07, 6.45) is 1.97. The number of rotatable bonds is 2. The van der Waals surface area contributed by atoms with Gasteiger partial charge in [0.2, 0.25) is 0 Å². The molecule has 1 aromatic heterocycles. The van der Waals surface area contributed by atoms with Crippen molar-refractivity contribution >= 4 is 17.3 Å². The van der Waals surface area contributed by atoms with E-state index in [1.54, 1.807) is 6.92 Å². The molecule has 0 amide bonds. The van der Waals surface area contributed by atoms with Crippen LogP contribution in [0.3, 0.4) is 0 Å². The Hall–Kier alpha value is -1.47. The van der Waals surface area contributed by atoms with Gasteiger partial charge in [0, 0.05) is 13.0 Å². The van der Waals surface area contributed by atoms with E-state index in [0.717, 1.165) is 0 Å². The number of nitrogens with zero attached hydrogens (tertiary/aromatic N) is 2. The quantitative estimate of drug-likeness (QED) is 0.584. The number of aromatic nitrogens is 2. The van der Waals surface area contributed by atoms with Crippen molar-refractivity contribution < 1.29 is 0 Å². The number of nitrogens with two attached hydrogens (primary N) is 1. The standard InChI is InChI=1S/C9H10ClN3O/c1-2-3-4-5-13-6-12-8(10)7(11)9(13)14/h6H,4-5,11H2,1H3. The molecule has 1 rings (SSSR count). The molecule has 0 radical (unpaired) electrons. The van der Waals surface area contributed by atoms with Crippen LogP contribution in [0.25, 0.3) is 0 Å². The highest BCUT2D eigenvalue weighted by Gasteiger charge is 2.04. The van der Waals surface area contributed by atoms with Gasteiger partial charge in [0.15, 0.2) is 5.15 Å². The van der Waals surface area contributed by atoms with Crippen molar-refractivity contribution in [3.8, 4) is 11.8 Å². The van der Waals surface area contributed by atoms with Crippen molar-refractivity contribution in [3.05, 3.63) is 21.8 Å². The molecule has 0 unspecified atom stereocenters. The van der Waals surface area contributed by atoms with Gasteiger partial charge in [-0.15, -0.1) is 11.8 Å². The lowest BCUT2D eigenvalue weighted by Gasteiger charge is -2.03. The van der Waals surface area contributed by atoms with Gasteiger partial charge in [-0.3, -0.25) is 9.36 Å². The van der Waals surface area contributed by atoms with Crippen LogP contribution in [-0.4, -0.2) is 9.55 Å². The van der Waals surface area contributed by atoms with Gasteiger partial charge in [-0.05, 0) is 6.92 Å². The van der Waals surface area contributed by atoms with Crippen LogP contribution in [0.4, 0.5) is 5.69 Å². The Labute approximate surface area is 86.7 Å². The minimum atomic E-state index is -0.317. The molecule has 0 saturated carbocycles. The normalized spacial score (nSPS) is 9.29. The molecule has 0 spiro atoms. The lowest BCUT2D eigenvalue weighted by molar-refractivity contribution is 0.675. The maximum Gasteiger partial charge on any atom is 0.278 e. The number of hydrogen-bond acceptors (Lipinski definition) is 3. The van der Waals surface area contributed by atoms with E-state index in [-0.39, 0.29) is 16.4 Å². The van der Waals surface area contributed by atoms with Crippen LogP contribution in [0.2, 0.25) is 5.15 Å². The molecule has 1 aromatic rings. The van der Waals surface area contributed by atoms with Gasteiger partial charge in [0.1, 0.15) is 5.69 Å². The van der Waals surface area contributed by atoms with E-state index >= 15 is 0 Å². The van der Waals surface area contributed by atoms with Gasteiger partial charge in [-0.25, -0.2) is 4.98 Å². The van der Waals surface area contributed by atoms with Crippen LogP contribution in [0.5, 0.6) is 0 Å². The molecule has 0 aliphatic carbocycles. The summed E-state index contributed by atoms with van der Waals surface area (Å²) < 4.78 is 1.39. The van der Waals surface area contributed by atoms with E-state index in [4.69, 9.17) is 17.3 Å². The number of hydrogen-bond donors (Lipinski definition) is 1. The molecule has 1 heterocycles. The maximum absolute atomic E-state index is 11.4. The monoisotopic (exact) mass is 211 g/mol. The fourth-order valence-electron chi connectivity index (χ4n) is 0.946. The summed E-state index contributed by atoms with van der Waals surface area (Å²) in [5.74, 6) is 5.59. The van der Waals surface area contributed by atoms with Crippen molar-refractivity contribution in [3.63, 3.8) is 0 Å². The molecule has 0 saturated heterocycles. The molecule has 0 fully saturated rings. The van der Waals surface area contributed by atoms with Crippen LogP contribution in [0, 0.1) is 11.8 Å². The molecule has 5 heteroatoms. The molecule has 0 bridgehead atoms. The minimum Gasteiger partial charge on any atom is -0.392 e. The highest BCUT2D eigenvalue weighted by Crippen LogP contribution is 2.07. The molecule has 4 nitrogen and oxygen atoms in total. The summed E-state index contributed by atoms with van der Waals surface area (Å²) in [5.41, 5.74) is 5.09. The third-order valence-corrected chi connectivity index (χ3v) is 1.98. The van der Waals surface area contributed by atoms with Crippen LogP contribution >= 0.6 is 11.6 Å². The summed E-state index contributed by atoms with van der Waals surface area (Å²) in [7, 11) is 0. The summed E-state index contributed by atoms with van der Waals surface area (Å²) in [4.78, 5) is 15.2. The number of halogens is 1. The zero-order chi connectivity index (χ0) is 10.6. The molecule has 2 N–H and O–H groups in total. The summed E-state index contributed by atoms with van der Waals surface area (Å²) >= 11 is 5.57. The maximum atomic E-state index is 11.4. The average Bonchev–Trinajstić information content (AvgIpc) is 2.18. The van der Waals surface area contributed by atoms with E-state index in [2.05, 4.69) is 16.8 Å². The molecule has 0 aromatic carbocycles. The lowest BCUT2D eigenvalue weighted by atomic mass is 10.4. The van der Waals surface area contributed by atoms with E-state index in [9.17, 15) is 4.79 Å². The Kier molecular flexibility index (Phi) is 3.55. The largest absolute Gasteiger partial charge is 0.392 e. The molecule has 0 aliphatic heterocycles. The smallest absolute Gasteiger partial charge is 0.278 e. The van der Waals surface area contributed by atoms with Crippen molar-refractivity contribution in [2.24, 2.45) is 0 Å². The highest BCUT2D eigenvalue weighted by molar-refractivity contribution is 6.31. The molecule has 0 aliphatic rings. The Morgan fingerprint density at radius 1 is 1.71 bits per heavy atom. The van der Waals surface area contributed by atoms with E-state index in [1.165, 1.54) is 10.9 Å². The van der Waals surface area contributed by atoms with Crippen molar-refractivity contribution in [1.29, 1.82) is 0 Å². The van der Waals surface area contributed by atoms with Gasteiger partial charge >= 0.3 is 0 Å². The average molecular weight is 212 g/mol. The highest BCUT2D eigenvalue weighted by atomic mass is 35.5. The minimum absolute atomic E-state index is 0.0152. The Balaban J connectivity index is 2.93. The van der Waals surface area contributed by atoms with E-state index in [1.807, 2.05) is 0 Å². The van der Waals surface area contributed by atoms with Crippen LogP contribution in [0.15, 0.2) is 11.1 Å². The molecule has 14 heavy (non-hydrogen) atoms. The zero-order valence-corrected chi connectivity index (χ0v) is 8.51. The fraction of sp³-hybridized carbons (Fsp3) is 0.333. The molecule has 0 atom stereocenters. The number of nitrogen functional groups attached to an aromatic ring is 1. The predicted molar refractivity (Wildman–Crippen MR) is 56.0 cm³/mol. The Morgan fingerprint density at radius 2 is 2.43 bits per heavy atom. The van der Waals surface area contributed by atoms with Gasteiger partial charge in [0.05, 0.1) is 6.33 Å². The second kappa shape index (κ2) is 4.68. The third kappa shape index (κ3) is 2.27. The molecule has 74 valence electrons. The van der Waals surface area contributed by atoms with Gasteiger partial charge in [0.25, 0.3) is 5.56 Å². The first-order valence-electron chi connectivity index (χ1n) is 4.07. The summed E-state index contributed by atoms with van der Waals surface area (Å²) in [5, 5.41) is 0.0489. The van der Waals surface area contributed by atoms with Gasteiger partial charge in [-0.2, -0.15) is 0 Å². The molecular weight excluding hydrogens is 202 g/mol. The SMILES string of the molecule is CC#CCCn1cnc(Cl)c(N)c1=O. The first kappa shape index (κ1) is 10.6. The zero-order valence-electron chi connectivity index (χ0n) is 7.75. The third-order valence-electron chi connectivity index (χ3n) is 1.68. The fourth-order valence-corrected chi connectivity index (χ4v) is 1.07. The van der Waals surface area contributed by atoms with Crippen molar-refractivity contribution in [2.75, 3.05) is 5.73 Å². The van der Waals surface area contributed by atoms with Gasteiger partial charge in [-0.1, -0.05) is 11.6 Å². The topological polar surface area (TPSA) is 60.9 Å². The van der Waals surface area contributed by atoms with E-state index in [0.29, 0.717) is 13.0 Å².